The van der Waals surface area contributed by atoms with E-state index in [1.807, 2.05) is 0 Å². The van der Waals surface area contributed by atoms with Gasteiger partial charge in [0.1, 0.15) is 23.0 Å². The van der Waals surface area contributed by atoms with E-state index in [4.69, 9.17) is 0 Å². The number of anilines is 1. The quantitative estimate of drug-likeness (QED) is 0.558. The minimum atomic E-state index is -4.45. The molecule has 0 unspecified atom stereocenters. The lowest BCUT2D eigenvalue weighted by molar-refractivity contribution is -0.137. The highest BCUT2D eigenvalue weighted by atomic mass is 19.4. The van der Waals surface area contributed by atoms with Crippen LogP contribution in [0.2, 0.25) is 0 Å². The number of halogens is 4. The van der Waals surface area contributed by atoms with Crippen LogP contribution in [-0.2, 0) is 6.18 Å². The number of nitrogens with zero attached hydrogens (tertiary/aromatic N) is 4. The Morgan fingerprint density at radius 3 is 2.62 bits per heavy atom. The molecule has 5 rings (SSSR count). The maximum absolute atomic E-state index is 14.5. The van der Waals surface area contributed by atoms with Crippen molar-refractivity contribution in [2.24, 2.45) is 5.92 Å². The lowest BCUT2D eigenvalue weighted by Gasteiger charge is -2.34. The molecular weight excluding hydrogens is 450 g/mol. The lowest BCUT2D eigenvalue weighted by atomic mass is 10.0. The van der Waals surface area contributed by atoms with Gasteiger partial charge in [0.25, 0.3) is 5.91 Å². The van der Waals surface area contributed by atoms with Crippen molar-refractivity contribution >= 4 is 11.7 Å². The van der Waals surface area contributed by atoms with Gasteiger partial charge in [-0.2, -0.15) is 13.2 Å². The van der Waals surface area contributed by atoms with E-state index >= 15 is 0 Å². The number of aryl methyl sites for hydroxylation is 1. The number of nitrogens with one attached hydrogen (secondary N) is 1. The highest BCUT2D eigenvalue weighted by Gasteiger charge is 2.47. The van der Waals surface area contributed by atoms with Crippen molar-refractivity contribution in [1.29, 1.82) is 0 Å². The molecule has 3 atom stereocenters. The van der Waals surface area contributed by atoms with Crippen LogP contribution >= 0.6 is 0 Å². The SMILES string of the molecule is Cc1cnc(C(=O)N2C[C@H]3C[C@@H](Nc4ccc(C(F)(F)F)cn4)[C@@H]2C3)c(-c2ncccc2F)c1. The Bertz CT molecular complexity index is 1230. The van der Waals surface area contributed by atoms with Gasteiger partial charge < -0.3 is 10.2 Å². The van der Waals surface area contributed by atoms with E-state index in [1.54, 1.807) is 24.1 Å². The zero-order valence-corrected chi connectivity index (χ0v) is 18.2. The number of rotatable bonds is 4. The normalized spacial score (nSPS) is 21.7. The molecule has 10 heteroatoms. The second kappa shape index (κ2) is 8.34. The monoisotopic (exact) mass is 471 g/mol. The van der Waals surface area contributed by atoms with Crippen LogP contribution in [0.15, 0.2) is 48.9 Å². The molecule has 1 saturated heterocycles. The van der Waals surface area contributed by atoms with Gasteiger partial charge in [-0.25, -0.2) is 9.37 Å². The van der Waals surface area contributed by atoms with Crippen LogP contribution in [0, 0.1) is 18.7 Å². The zero-order valence-electron chi connectivity index (χ0n) is 18.2. The third-order valence-corrected chi connectivity index (χ3v) is 6.41. The Hall–Kier alpha value is -3.56. The van der Waals surface area contributed by atoms with Gasteiger partial charge in [0.05, 0.1) is 11.6 Å². The van der Waals surface area contributed by atoms with E-state index in [0.717, 1.165) is 30.7 Å². The molecule has 2 bridgehead atoms. The molecule has 3 aromatic rings. The van der Waals surface area contributed by atoms with E-state index in [1.165, 1.54) is 24.4 Å². The van der Waals surface area contributed by atoms with Gasteiger partial charge >= 0.3 is 6.18 Å². The first-order valence-corrected chi connectivity index (χ1v) is 10.9. The summed E-state index contributed by atoms with van der Waals surface area (Å²) in [5.74, 6) is -0.289. The molecule has 0 spiro atoms. The molecule has 0 radical (unpaired) electrons. The summed E-state index contributed by atoms with van der Waals surface area (Å²) in [7, 11) is 0. The topological polar surface area (TPSA) is 71.0 Å². The number of hydrogen-bond acceptors (Lipinski definition) is 5. The number of amides is 1. The Kier molecular flexibility index (Phi) is 5.45. The Labute approximate surface area is 193 Å². The molecule has 1 aliphatic carbocycles. The summed E-state index contributed by atoms with van der Waals surface area (Å²) in [6, 6.07) is 6.41. The van der Waals surface area contributed by atoms with Crippen LogP contribution in [0.5, 0.6) is 0 Å². The second-order valence-electron chi connectivity index (χ2n) is 8.79. The second-order valence-corrected chi connectivity index (χ2v) is 8.79. The molecule has 1 N–H and O–H groups in total. The summed E-state index contributed by atoms with van der Waals surface area (Å²) in [5, 5.41) is 3.19. The van der Waals surface area contributed by atoms with E-state index < -0.39 is 17.6 Å². The first-order valence-electron chi connectivity index (χ1n) is 10.9. The summed E-state index contributed by atoms with van der Waals surface area (Å²) in [6.45, 7) is 2.35. The summed E-state index contributed by atoms with van der Waals surface area (Å²) >= 11 is 0. The van der Waals surface area contributed by atoms with E-state index in [0.29, 0.717) is 17.9 Å². The van der Waals surface area contributed by atoms with E-state index in [2.05, 4.69) is 20.3 Å². The Balaban J connectivity index is 1.39. The van der Waals surface area contributed by atoms with Crippen molar-refractivity contribution in [2.45, 2.75) is 38.0 Å². The molecule has 2 fully saturated rings. The third kappa shape index (κ3) is 4.08. The zero-order chi connectivity index (χ0) is 24.0. The number of carbonyl (C=O) groups is 1. The highest BCUT2D eigenvalue weighted by molar-refractivity contribution is 5.99. The van der Waals surface area contributed by atoms with Crippen LogP contribution < -0.4 is 5.32 Å². The maximum Gasteiger partial charge on any atom is 0.417 e. The molecule has 1 saturated carbocycles. The predicted octanol–water partition coefficient (Wildman–Crippen LogP) is 4.72. The number of hydrogen-bond donors (Lipinski definition) is 1. The molecule has 6 nitrogen and oxygen atoms in total. The van der Waals surface area contributed by atoms with Gasteiger partial charge in [0, 0.05) is 36.7 Å². The minimum absolute atomic E-state index is 0.0648. The van der Waals surface area contributed by atoms with Crippen molar-refractivity contribution in [2.75, 3.05) is 11.9 Å². The summed E-state index contributed by atoms with van der Waals surface area (Å²) < 4.78 is 52.9. The number of pyridine rings is 3. The van der Waals surface area contributed by atoms with Gasteiger partial charge in [-0.05, 0) is 61.6 Å². The molecule has 0 aromatic carbocycles. The number of alkyl halides is 3. The Morgan fingerprint density at radius 2 is 1.94 bits per heavy atom. The van der Waals surface area contributed by atoms with Gasteiger partial charge in [-0.3, -0.25) is 14.8 Å². The van der Waals surface area contributed by atoms with E-state index in [-0.39, 0.29) is 35.3 Å². The first-order chi connectivity index (χ1) is 16.2. The van der Waals surface area contributed by atoms with E-state index in [9.17, 15) is 22.4 Å². The number of aromatic nitrogens is 3. The largest absolute Gasteiger partial charge is 0.417 e. The summed E-state index contributed by atoms with van der Waals surface area (Å²) in [4.78, 5) is 27.6. The van der Waals surface area contributed by atoms with Gasteiger partial charge in [0.2, 0.25) is 0 Å². The molecule has 176 valence electrons. The minimum Gasteiger partial charge on any atom is -0.365 e. The van der Waals surface area contributed by atoms with Gasteiger partial charge in [-0.15, -0.1) is 0 Å². The molecule has 3 aromatic heterocycles. The number of fused-ring (bicyclic) bond motifs is 2. The fraction of sp³-hybridized carbons (Fsp3) is 0.333. The fourth-order valence-corrected chi connectivity index (χ4v) is 4.89. The van der Waals surface area contributed by atoms with Crippen molar-refractivity contribution in [3.63, 3.8) is 0 Å². The first kappa shape index (κ1) is 22.2. The van der Waals surface area contributed by atoms with Gasteiger partial charge in [-0.1, -0.05) is 0 Å². The smallest absolute Gasteiger partial charge is 0.365 e. The number of carbonyl (C=O) groups excluding carboxylic acids is 1. The molecule has 1 amide bonds. The van der Waals surface area contributed by atoms with Crippen molar-refractivity contribution in [3.8, 4) is 11.3 Å². The maximum atomic E-state index is 14.5. The standard InChI is InChI=1S/C24H21F4N5O/c1-13-7-16(21-17(25)3-2-6-29-21)22(31-10-13)23(34)33-12-14-8-18(19(33)9-14)32-20-5-4-15(11-30-20)24(26,27)28/h2-7,10-11,14,18-19H,8-9,12H2,1H3,(H,30,32)/t14-,18+,19-/m0/s1. The van der Waals surface area contributed by atoms with Crippen molar-refractivity contribution in [3.05, 3.63) is 71.6 Å². The van der Waals surface area contributed by atoms with Crippen LogP contribution in [-0.4, -0.2) is 44.4 Å². The Morgan fingerprint density at radius 1 is 1.12 bits per heavy atom. The number of piperidine rings is 1. The average molecular weight is 471 g/mol. The molecule has 4 heterocycles. The van der Waals surface area contributed by atoms with Crippen molar-refractivity contribution < 1.29 is 22.4 Å². The molecule has 1 aliphatic heterocycles. The molecular formula is C24H21F4N5O. The summed E-state index contributed by atoms with van der Waals surface area (Å²) in [5.41, 5.74) is 0.479. The predicted molar refractivity (Wildman–Crippen MR) is 116 cm³/mol. The molecule has 2 aliphatic rings. The lowest BCUT2D eigenvalue weighted by Crippen LogP contribution is -2.48. The van der Waals surface area contributed by atoms with Crippen molar-refractivity contribution in [1.82, 2.24) is 19.9 Å². The van der Waals surface area contributed by atoms with Crippen LogP contribution in [0.1, 0.15) is 34.5 Å². The number of likely N-dealkylation sites (tertiary alicyclic amines) is 1. The highest BCUT2D eigenvalue weighted by Crippen LogP contribution is 2.40. The van der Waals surface area contributed by atoms with Gasteiger partial charge in [0.15, 0.2) is 0 Å². The van der Waals surface area contributed by atoms with Crippen LogP contribution in [0.25, 0.3) is 11.3 Å². The summed E-state index contributed by atoms with van der Waals surface area (Å²) in [6.07, 6.45) is 0.913. The molecule has 34 heavy (non-hydrogen) atoms. The average Bonchev–Trinajstić information content (AvgIpc) is 3.39. The van der Waals surface area contributed by atoms with Crippen LogP contribution in [0.4, 0.5) is 23.4 Å². The van der Waals surface area contributed by atoms with Crippen LogP contribution in [0.3, 0.4) is 0 Å². The third-order valence-electron chi connectivity index (χ3n) is 6.41. The fourth-order valence-electron chi connectivity index (χ4n) is 4.89.